The number of halogens is 1. The minimum absolute atomic E-state index is 0.320. The third-order valence-corrected chi connectivity index (χ3v) is 5.64. The third-order valence-electron chi connectivity index (χ3n) is 5.64. The van der Waals surface area contributed by atoms with E-state index in [4.69, 9.17) is 25.2 Å². The fourth-order valence-electron chi connectivity index (χ4n) is 3.83. The summed E-state index contributed by atoms with van der Waals surface area (Å²) >= 11 is 0. The second-order valence-electron chi connectivity index (χ2n) is 8.89. The van der Waals surface area contributed by atoms with Gasteiger partial charge in [-0.1, -0.05) is 30.3 Å². The molecule has 3 heterocycles. The third kappa shape index (κ3) is 5.54. The molecule has 0 spiro atoms. The van der Waals surface area contributed by atoms with Crippen molar-refractivity contribution in [2.75, 3.05) is 25.1 Å². The van der Waals surface area contributed by atoms with Gasteiger partial charge in [-0.25, -0.2) is 19.3 Å². The van der Waals surface area contributed by atoms with Crippen LogP contribution in [0.5, 0.6) is 0 Å². The fraction of sp³-hybridized carbons (Fsp3) is 0.269. The zero-order valence-electron chi connectivity index (χ0n) is 19.4. The molecule has 0 amide bonds. The van der Waals surface area contributed by atoms with E-state index in [1.165, 1.54) is 17.7 Å². The van der Waals surface area contributed by atoms with Crippen LogP contribution in [0.15, 0.2) is 66.9 Å². The zero-order valence-corrected chi connectivity index (χ0v) is 19.4. The standard InChI is InChI=1S/C26H27FN6O2/c1-26(28)15-34-24(35-16-26)23-32-21(18-7-9-19(27)10-8-18)22(33-23)20-12-14-30-25(31-20)29-13-11-17-5-3-2-4-6-17/h2-10,12,14,24H,11,13,15-16,28H2,1H3,(H,32,33)(H,29,30,31). The first-order valence-electron chi connectivity index (χ1n) is 11.5. The van der Waals surface area contributed by atoms with E-state index in [0.29, 0.717) is 48.6 Å². The molecule has 0 aliphatic carbocycles. The Kier molecular flexibility index (Phi) is 6.54. The monoisotopic (exact) mass is 474 g/mol. The van der Waals surface area contributed by atoms with Crippen LogP contribution >= 0.6 is 0 Å². The Morgan fingerprint density at radius 1 is 1.06 bits per heavy atom. The summed E-state index contributed by atoms with van der Waals surface area (Å²) in [4.78, 5) is 17.1. The number of anilines is 1. The quantitative estimate of drug-likeness (QED) is 0.370. The second-order valence-corrected chi connectivity index (χ2v) is 8.89. The molecule has 0 radical (unpaired) electrons. The van der Waals surface area contributed by atoms with Gasteiger partial charge < -0.3 is 25.5 Å². The molecule has 4 N–H and O–H groups in total. The average molecular weight is 475 g/mol. The Bertz CT molecular complexity index is 1270. The van der Waals surface area contributed by atoms with Crippen LogP contribution in [0.25, 0.3) is 22.6 Å². The molecule has 180 valence electrons. The largest absolute Gasteiger partial charge is 0.354 e. The Morgan fingerprint density at radius 2 is 1.80 bits per heavy atom. The Balaban J connectivity index is 1.42. The number of benzene rings is 2. The van der Waals surface area contributed by atoms with Gasteiger partial charge in [-0.05, 0) is 49.2 Å². The van der Waals surface area contributed by atoms with Gasteiger partial charge in [-0.15, -0.1) is 0 Å². The molecule has 1 fully saturated rings. The van der Waals surface area contributed by atoms with Crippen molar-refractivity contribution in [1.29, 1.82) is 0 Å². The van der Waals surface area contributed by atoms with Crippen LogP contribution in [-0.4, -0.2) is 45.2 Å². The highest BCUT2D eigenvalue weighted by molar-refractivity contribution is 5.77. The molecule has 0 bridgehead atoms. The first kappa shape index (κ1) is 23.1. The van der Waals surface area contributed by atoms with Gasteiger partial charge in [0.05, 0.1) is 35.8 Å². The molecule has 8 nitrogen and oxygen atoms in total. The SMILES string of the molecule is CC1(N)COC(c2nc(-c3ccc(F)cc3)c(-c3ccnc(NCCc4ccccc4)n3)[nH]2)OC1. The number of nitrogens with one attached hydrogen (secondary N) is 2. The van der Waals surface area contributed by atoms with Crippen molar-refractivity contribution in [3.05, 3.63) is 84.1 Å². The molecule has 1 aliphatic rings. The molecule has 0 saturated carbocycles. The van der Waals surface area contributed by atoms with Crippen molar-refractivity contribution < 1.29 is 13.9 Å². The lowest BCUT2D eigenvalue weighted by Gasteiger charge is -2.33. The topological polar surface area (TPSA) is 111 Å². The number of hydrogen-bond acceptors (Lipinski definition) is 7. The van der Waals surface area contributed by atoms with Crippen molar-refractivity contribution in [3.8, 4) is 22.6 Å². The van der Waals surface area contributed by atoms with Gasteiger partial charge in [0.2, 0.25) is 12.2 Å². The maximum absolute atomic E-state index is 13.6. The molecule has 1 aliphatic heterocycles. The summed E-state index contributed by atoms with van der Waals surface area (Å²) in [5, 5.41) is 3.28. The van der Waals surface area contributed by atoms with Crippen LogP contribution in [0.2, 0.25) is 0 Å². The van der Waals surface area contributed by atoms with Crippen LogP contribution < -0.4 is 11.1 Å². The number of nitrogens with zero attached hydrogens (tertiary/aromatic N) is 3. The Morgan fingerprint density at radius 3 is 2.54 bits per heavy atom. The molecular formula is C26H27FN6O2. The number of ether oxygens (including phenoxy) is 2. The molecular weight excluding hydrogens is 447 g/mol. The number of aromatic nitrogens is 4. The summed E-state index contributed by atoms with van der Waals surface area (Å²) in [6, 6.07) is 18.2. The van der Waals surface area contributed by atoms with Gasteiger partial charge in [0.15, 0.2) is 5.82 Å². The predicted molar refractivity (Wildman–Crippen MR) is 131 cm³/mol. The highest BCUT2D eigenvalue weighted by Crippen LogP contribution is 2.33. The molecule has 2 aromatic carbocycles. The van der Waals surface area contributed by atoms with Crippen molar-refractivity contribution in [2.24, 2.45) is 5.73 Å². The van der Waals surface area contributed by atoms with E-state index < -0.39 is 11.8 Å². The van der Waals surface area contributed by atoms with Crippen LogP contribution in [0.4, 0.5) is 10.3 Å². The first-order valence-corrected chi connectivity index (χ1v) is 11.5. The zero-order chi connectivity index (χ0) is 24.3. The lowest BCUT2D eigenvalue weighted by molar-refractivity contribution is -0.211. The van der Waals surface area contributed by atoms with E-state index in [9.17, 15) is 4.39 Å². The highest BCUT2D eigenvalue weighted by atomic mass is 19.1. The van der Waals surface area contributed by atoms with E-state index in [1.807, 2.05) is 25.1 Å². The average Bonchev–Trinajstić information content (AvgIpc) is 3.31. The van der Waals surface area contributed by atoms with E-state index in [2.05, 4.69) is 27.4 Å². The maximum Gasteiger partial charge on any atom is 0.223 e. The number of H-pyrrole nitrogens is 1. The lowest BCUT2D eigenvalue weighted by atomic mass is 10.1. The molecule has 0 unspecified atom stereocenters. The predicted octanol–water partition coefficient (Wildman–Crippen LogP) is 4.09. The van der Waals surface area contributed by atoms with E-state index in [-0.39, 0.29) is 5.82 Å². The summed E-state index contributed by atoms with van der Waals surface area (Å²) in [6.45, 7) is 3.23. The maximum atomic E-state index is 13.6. The second kappa shape index (κ2) is 9.91. The van der Waals surface area contributed by atoms with Crippen molar-refractivity contribution in [3.63, 3.8) is 0 Å². The molecule has 4 aromatic rings. The lowest BCUT2D eigenvalue weighted by Crippen LogP contribution is -2.50. The summed E-state index contributed by atoms with van der Waals surface area (Å²) in [5.41, 5.74) is 9.43. The Labute approximate surface area is 202 Å². The highest BCUT2D eigenvalue weighted by Gasteiger charge is 2.32. The van der Waals surface area contributed by atoms with Gasteiger partial charge in [0.25, 0.3) is 0 Å². The normalized spacial score (nSPS) is 20.0. The Hall–Kier alpha value is -3.66. The van der Waals surface area contributed by atoms with E-state index in [1.54, 1.807) is 24.4 Å². The molecule has 35 heavy (non-hydrogen) atoms. The minimum atomic E-state index is -0.690. The summed E-state index contributed by atoms with van der Waals surface area (Å²) < 4.78 is 25.2. The van der Waals surface area contributed by atoms with Gasteiger partial charge in [0.1, 0.15) is 5.82 Å². The summed E-state index contributed by atoms with van der Waals surface area (Å²) in [7, 11) is 0. The van der Waals surface area contributed by atoms with Gasteiger partial charge in [-0.2, -0.15) is 0 Å². The smallest absolute Gasteiger partial charge is 0.223 e. The van der Waals surface area contributed by atoms with Crippen LogP contribution in [0.3, 0.4) is 0 Å². The number of aromatic amines is 1. The number of hydrogen-bond donors (Lipinski definition) is 3. The van der Waals surface area contributed by atoms with Crippen LogP contribution in [-0.2, 0) is 15.9 Å². The fourth-order valence-corrected chi connectivity index (χ4v) is 3.83. The van der Waals surface area contributed by atoms with E-state index in [0.717, 1.165) is 12.0 Å². The molecule has 1 saturated heterocycles. The number of nitrogens with two attached hydrogens (primary N) is 1. The minimum Gasteiger partial charge on any atom is -0.354 e. The molecule has 2 aromatic heterocycles. The van der Waals surface area contributed by atoms with Gasteiger partial charge in [0, 0.05) is 18.3 Å². The van der Waals surface area contributed by atoms with Crippen LogP contribution in [0, 0.1) is 5.82 Å². The molecule has 5 rings (SSSR count). The summed E-state index contributed by atoms with van der Waals surface area (Å²) in [6.07, 6.45) is 1.85. The van der Waals surface area contributed by atoms with Gasteiger partial charge >= 0.3 is 0 Å². The first-order chi connectivity index (χ1) is 17.0. The molecule has 0 atom stereocenters. The summed E-state index contributed by atoms with van der Waals surface area (Å²) in [5.74, 6) is 0.676. The number of imidazole rings is 1. The van der Waals surface area contributed by atoms with Crippen molar-refractivity contribution in [2.45, 2.75) is 25.2 Å². The molecule has 9 heteroatoms. The number of rotatable bonds is 7. The van der Waals surface area contributed by atoms with Crippen LogP contribution in [0.1, 0.15) is 24.6 Å². The van der Waals surface area contributed by atoms with Crippen molar-refractivity contribution in [1.82, 2.24) is 19.9 Å². The van der Waals surface area contributed by atoms with E-state index >= 15 is 0 Å². The van der Waals surface area contributed by atoms with Gasteiger partial charge in [-0.3, -0.25) is 0 Å². The van der Waals surface area contributed by atoms with Crippen molar-refractivity contribution >= 4 is 5.95 Å².